The molecule has 0 fully saturated rings. The van der Waals surface area contributed by atoms with E-state index in [9.17, 15) is 4.79 Å². The lowest BCUT2D eigenvalue weighted by molar-refractivity contribution is -0.929. The van der Waals surface area contributed by atoms with Crippen molar-refractivity contribution in [1.29, 1.82) is 0 Å². The number of hydrogen-bond donors (Lipinski definition) is 1. The van der Waals surface area contributed by atoms with E-state index in [1.807, 2.05) is 0 Å². The monoisotopic (exact) mass is 511 g/mol. The summed E-state index contributed by atoms with van der Waals surface area (Å²) in [5.41, 5.74) is 0. The van der Waals surface area contributed by atoms with Gasteiger partial charge in [0, 0.05) is 6.42 Å². The number of carboxylic acid groups (broad SMARTS) is 1. The molecule has 0 spiro atoms. The van der Waals surface area contributed by atoms with Gasteiger partial charge in [-0.05, 0) is 38.5 Å². The molecule has 0 rings (SSSR count). The highest BCUT2D eigenvalue weighted by Gasteiger charge is 2.24. The number of unbranched alkanes of at least 4 members (excludes halogenated alkanes) is 20. The van der Waals surface area contributed by atoms with Gasteiger partial charge in [-0.25, -0.2) is 0 Å². The molecule has 0 aliphatic heterocycles. The lowest BCUT2D eigenvalue weighted by Gasteiger charge is -2.39. The molecule has 0 aliphatic rings. The fourth-order valence-electron chi connectivity index (χ4n) is 5.70. The summed E-state index contributed by atoms with van der Waals surface area (Å²) in [6, 6.07) is 0. The van der Waals surface area contributed by atoms with Gasteiger partial charge in [0.25, 0.3) is 0 Å². The molecule has 0 saturated heterocycles. The van der Waals surface area contributed by atoms with Crippen LogP contribution in [0.25, 0.3) is 0 Å². The van der Waals surface area contributed by atoms with Crippen molar-refractivity contribution in [2.24, 2.45) is 0 Å². The van der Waals surface area contributed by atoms with Gasteiger partial charge in [-0.3, -0.25) is 4.79 Å². The van der Waals surface area contributed by atoms with E-state index in [-0.39, 0.29) is 0 Å². The Bertz CT molecular complexity index is 429. The van der Waals surface area contributed by atoms with Gasteiger partial charge in [-0.2, -0.15) is 0 Å². The largest absolute Gasteiger partial charge is 0.481 e. The second kappa shape index (κ2) is 27.5. The van der Waals surface area contributed by atoms with E-state index in [0.717, 1.165) is 12.8 Å². The van der Waals surface area contributed by atoms with Crippen LogP contribution in [0.1, 0.15) is 181 Å². The van der Waals surface area contributed by atoms with Crippen molar-refractivity contribution >= 4 is 5.97 Å². The van der Waals surface area contributed by atoms with Gasteiger partial charge in [0.15, 0.2) is 0 Å². The molecule has 0 amide bonds. The highest BCUT2D eigenvalue weighted by Crippen LogP contribution is 2.19. The quantitative estimate of drug-likeness (QED) is 0.0770. The van der Waals surface area contributed by atoms with Crippen molar-refractivity contribution in [3.63, 3.8) is 0 Å². The Morgan fingerprint density at radius 3 is 0.944 bits per heavy atom. The molecule has 0 aromatic rings. The molecule has 36 heavy (non-hydrogen) atoms. The molecule has 0 aliphatic carbocycles. The first-order valence-electron chi connectivity index (χ1n) is 16.7. The zero-order valence-corrected chi connectivity index (χ0v) is 25.3. The maximum Gasteiger partial charge on any atom is 0.303 e. The van der Waals surface area contributed by atoms with Crippen molar-refractivity contribution in [3.05, 3.63) is 0 Å². The van der Waals surface area contributed by atoms with Crippen LogP contribution in [-0.2, 0) is 4.79 Å². The molecular weight excluding hydrogens is 442 g/mol. The fraction of sp³-hybridized carbons (Fsp3) is 0.970. The predicted octanol–water partition coefficient (Wildman–Crippen LogP) is 10.7. The van der Waals surface area contributed by atoms with Crippen molar-refractivity contribution in [2.75, 3.05) is 26.2 Å². The predicted molar refractivity (Wildman–Crippen MR) is 160 cm³/mol. The maximum absolute atomic E-state index is 10.5. The molecule has 0 bridgehead atoms. The summed E-state index contributed by atoms with van der Waals surface area (Å²) < 4.78 is 1.42. The van der Waals surface area contributed by atoms with Crippen molar-refractivity contribution in [1.82, 2.24) is 0 Å². The molecule has 216 valence electrons. The van der Waals surface area contributed by atoms with Crippen LogP contribution < -0.4 is 0 Å². The van der Waals surface area contributed by atoms with Gasteiger partial charge in [0.1, 0.15) is 0 Å². The summed E-state index contributed by atoms with van der Waals surface area (Å²) in [5, 5.41) is 8.64. The van der Waals surface area contributed by atoms with Gasteiger partial charge in [0.05, 0.1) is 26.2 Å². The molecule has 0 saturated carbocycles. The Morgan fingerprint density at radius 1 is 0.417 bits per heavy atom. The summed E-state index contributed by atoms with van der Waals surface area (Å²) in [6.07, 6.45) is 33.0. The summed E-state index contributed by atoms with van der Waals surface area (Å²) >= 11 is 0. The van der Waals surface area contributed by atoms with Gasteiger partial charge in [0.2, 0.25) is 0 Å². The first-order chi connectivity index (χ1) is 17.6. The van der Waals surface area contributed by atoms with Crippen LogP contribution in [0.3, 0.4) is 0 Å². The Hall–Kier alpha value is -0.570. The third-order valence-corrected chi connectivity index (χ3v) is 8.23. The Labute approximate surface area is 227 Å². The minimum absolute atomic E-state index is 0.345. The molecule has 0 unspecified atom stereocenters. The Morgan fingerprint density at radius 2 is 0.667 bits per heavy atom. The molecule has 0 heterocycles. The molecule has 0 aromatic heterocycles. The summed E-state index contributed by atoms with van der Waals surface area (Å²) in [4.78, 5) is 10.5. The van der Waals surface area contributed by atoms with E-state index in [1.165, 1.54) is 172 Å². The second-order valence-electron chi connectivity index (χ2n) is 11.8. The number of aliphatic carboxylic acids is 1. The molecule has 3 nitrogen and oxygen atoms in total. The zero-order chi connectivity index (χ0) is 26.6. The number of carbonyl (C=O) groups is 1. The van der Waals surface area contributed by atoms with E-state index in [2.05, 4.69) is 20.8 Å². The first-order valence-corrected chi connectivity index (χ1v) is 16.7. The number of carboxylic acids is 1. The Kier molecular flexibility index (Phi) is 27.0. The van der Waals surface area contributed by atoms with Crippen molar-refractivity contribution in [2.45, 2.75) is 181 Å². The maximum atomic E-state index is 10.5. The molecule has 0 aromatic carbocycles. The van der Waals surface area contributed by atoms with Gasteiger partial charge in [-0.1, -0.05) is 136 Å². The molecule has 1 N–H and O–H groups in total. The summed E-state index contributed by atoms with van der Waals surface area (Å²) in [6.45, 7) is 12.8. The number of hydrogen-bond acceptors (Lipinski definition) is 1. The van der Waals surface area contributed by atoms with Gasteiger partial charge < -0.3 is 9.59 Å². The SMILES string of the molecule is CCCC[N+](CCCC)(CCCC)CCCCCCCCCCCCCCCCCCCCC(=O)O. The topological polar surface area (TPSA) is 37.3 Å². The van der Waals surface area contributed by atoms with E-state index >= 15 is 0 Å². The molecule has 0 radical (unpaired) electrons. The van der Waals surface area contributed by atoms with Gasteiger partial charge in [-0.15, -0.1) is 0 Å². The number of nitrogens with zero attached hydrogens (tertiary/aromatic N) is 1. The standard InChI is InChI=1S/C33H67NO2/c1-4-7-29-34(30-8-5-2,31-9-6-3)32-27-25-23-21-19-17-15-13-11-10-12-14-16-18-20-22-24-26-28-33(35)36/h4-32H2,1-3H3/p+1. The average Bonchev–Trinajstić information content (AvgIpc) is 2.87. The molecular formula is C33H68NO2+. The van der Waals surface area contributed by atoms with Crippen LogP contribution in [-0.4, -0.2) is 41.7 Å². The highest BCUT2D eigenvalue weighted by molar-refractivity contribution is 5.66. The Balaban J connectivity index is 3.56. The lowest BCUT2D eigenvalue weighted by atomic mass is 10.0. The fourth-order valence-corrected chi connectivity index (χ4v) is 5.70. The number of quaternary nitrogens is 1. The highest BCUT2D eigenvalue weighted by atomic mass is 16.4. The van der Waals surface area contributed by atoms with Crippen LogP contribution in [0.15, 0.2) is 0 Å². The van der Waals surface area contributed by atoms with Crippen molar-refractivity contribution in [3.8, 4) is 0 Å². The average molecular weight is 511 g/mol. The third-order valence-electron chi connectivity index (χ3n) is 8.23. The third kappa shape index (κ3) is 23.8. The van der Waals surface area contributed by atoms with Crippen LogP contribution in [0.2, 0.25) is 0 Å². The number of rotatable bonds is 30. The van der Waals surface area contributed by atoms with Crippen molar-refractivity contribution < 1.29 is 14.4 Å². The minimum atomic E-state index is -0.649. The van der Waals surface area contributed by atoms with Crippen LogP contribution in [0.5, 0.6) is 0 Å². The summed E-state index contributed by atoms with van der Waals surface area (Å²) in [5.74, 6) is -0.649. The molecule has 0 atom stereocenters. The molecule has 3 heteroatoms. The van der Waals surface area contributed by atoms with Crippen LogP contribution >= 0.6 is 0 Å². The second-order valence-corrected chi connectivity index (χ2v) is 11.8. The van der Waals surface area contributed by atoms with Crippen LogP contribution in [0.4, 0.5) is 0 Å². The van der Waals surface area contributed by atoms with Gasteiger partial charge >= 0.3 is 5.97 Å². The van der Waals surface area contributed by atoms with Crippen LogP contribution in [0, 0.1) is 0 Å². The lowest BCUT2D eigenvalue weighted by Crippen LogP contribution is -2.50. The smallest absolute Gasteiger partial charge is 0.303 e. The first kappa shape index (κ1) is 35.4. The zero-order valence-electron chi connectivity index (χ0n) is 25.3. The summed E-state index contributed by atoms with van der Waals surface area (Å²) in [7, 11) is 0. The van der Waals surface area contributed by atoms with E-state index in [0.29, 0.717) is 6.42 Å². The van der Waals surface area contributed by atoms with E-state index < -0.39 is 5.97 Å². The minimum Gasteiger partial charge on any atom is -0.481 e. The van der Waals surface area contributed by atoms with E-state index in [1.54, 1.807) is 0 Å². The van der Waals surface area contributed by atoms with E-state index in [4.69, 9.17) is 5.11 Å². The normalized spacial score (nSPS) is 11.9.